The molecular weight excluding hydrogens is 278 g/mol. The van der Waals surface area contributed by atoms with Crippen molar-refractivity contribution in [1.82, 2.24) is 10.1 Å². The molecular formula is C13H17N3O3S. The first kappa shape index (κ1) is 14.5. The molecule has 0 aliphatic carbocycles. The number of nitrogens with zero attached hydrogens (tertiary/aromatic N) is 2. The maximum absolute atomic E-state index is 12.0. The van der Waals surface area contributed by atoms with E-state index in [1.165, 1.54) is 0 Å². The minimum Gasteiger partial charge on any atom is -0.384 e. The fourth-order valence-electron chi connectivity index (χ4n) is 1.79. The SMILES string of the molecule is CCS(=O)(=O)c1ccccc1NCCc1noc(C)n1. The predicted molar refractivity (Wildman–Crippen MR) is 75.4 cm³/mol. The van der Waals surface area contributed by atoms with Crippen LogP contribution in [-0.4, -0.2) is 30.9 Å². The maximum Gasteiger partial charge on any atom is 0.223 e. The molecule has 0 saturated heterocycles. The summed E-state index contributed by atoms with van der Waals surface area (Å²) in [5.74, 6) is 1.20. The molecule has 1 aromatic heterocycles. The molecule has 2 rings (SSSR count). The summed E-state index contributed by atoms with van der Waals surface area (Å²) in [6, 6.07) is 6.88. The van der Waals surface area contributed by atoms with E-state index in [-0.39, 0.29) is 5.75 Å². The van der Waals surface area contributed by atoms with E-state index in [9.17, 15) is 8.42 Å². The monoisotopic (exact) mass is 295 g/mol. The van der Waals surface area contributed by atoms with Gasteiger partial charge in [0.15, 0.2) is 15.7 Å². The van der Waals surface area contributed by atoms with Gasteiger partial charge in [0.25, 0.3) is 0 Å². The van der Waals surface area contributed by atoms with E-state index in [1.807, 2.05) is 0 Å². The zero-order valence-electron chi connectivity index (χ0n) is 11.5. The zero-order chi connectivity index (χ0) is 14.6. The summed E-state index contributed by atoms with van der Waals surface area (Å²) in [6.45, 7) is 3.90. The fraction of sp³-hybridized carbons (Fsp3) is 0.385. The number of aromatic nitrogens is 2. The highest BCUT2D eigenvalue weighted by Crippen LogP contribution is 2.21. The maximum atomic E-state index is 12.0. The van der Waals surface area contributed by atoms with Crippen LogP contribution in [0.3, 0.4) is 0 Å². The predicted octanol–water partition coefficient (Wildman–Crippen LogP) is 1.83. The Morgan fingerprint density at radius 2 is 2.05 bits per heavy atom. The van der Waals surface area contributed by atoms with E-state index in [0.717, 1.165) is 0 Å². The van der Waals surface area contributed by atoms with E-state index in [2.05, 4.69) is 15.5 Å². The number of anilines is 1. The largest absolute Gasteiger partial charge is 0.384 e. The topological polar surface area (TPSA) is 85.1 Å². The smallest absolute Gasteiger partial charge is 0.223 e. The highest BCUT2D eigenvalue weighted by atomic mass is 32.2. The van der Waals surface area contributed by atoms with Crippen molar-refractivity contribution in [3.05, 3.63) is 36.0 Å². The number of nitrogens with one attached hydrogen (secondary N) is 1. The van der Waals surface area contributed by atoms with E-state index < -0.39 is 9.84 Å². The van der Waals surface area contributed by atoms with Crippen LogP contribution >= 0.6 is 0 Å². The van der Waals surface area contributed by atoms with Crippen LogP contribution in [-0.2, 0) is 16.3 Å². The molecule has 108 valence electrons. The molecule has 0 radical (unpaired) electrons. The van der Waals surface area contributed by atoms with Crippen molar-refractivity contribution >= 4 is 15.5 Å². The van der Waals surface area contributed by atoms with Crippen LogP contribution in [0.25, 0.3) is 0 Å². The minimum absolute atomic E-state index is 0.0791. The van der Waals surface area contributed by atoms with Gasteiger partial charge in [0.1, 0.15) is 0 Å². The second-order valence-corrected chi connectivity index (χ2v) is 6.55. The summed E-state index contributed by atoms with van der Waals surface area (Å²) in [5.41, 5.74) is 0.606. The molecule has 0 aliphatic rings. The van der Waals surface area contributed by atoms with Gasteiger partial charge in [-0.15, -0.1) is 0 Å². The van der Waals surface area contributed by atoms with Crippen molar-refractivity contribution in [1.29, 1.82) is 0 Å². The molecule has 0 saturated carbocycles. The third-order valence-corrected chi connectivity index (χ3v) is 4.62. The first-order chi connectivity index (χ1) is 9.53. The van der Waals surface area contributed by atoms with Gasteiger partial charge < -0.3 is 9.84 Å². The van der Waals surface area contributed by atoms with Crippen LogP contribution < -0.4 is 5.32 Å². The molecule has 0 aliphatic heterocycles. The lowest BCUT2D eigenvalue weighted by molar-refractivity contribution is 0.387. The van der Waals surface area contributed by atoms with Crippen LogP contribution in [0.2, 0.25) is 0 Å². The quantitative estimate of drug-likeness (QED) is 0.875. The molecule has 0 unspecified atom stereocenters. The van der Waals surface area contributed by atoms with Gasteiger partial charge in [-0.2, -0.15) is 4.98 Å². The summed E-state index contributed by atoms with van der Waals surface area (Å²) in [4.78, 5) is 4.42. The van der Waals surface area contributed by atoms with Crippen LogP contribution in [0.4, 0.5) is 5.69 Å². The summed E-state index contributed by atoms with van der Waals surface area (Å²) in [5, 5.41) is 6.90. The summed E-state index contributed by atoms with van der Waals surface area (Å²) in [7, 11) is -3.23. The number of aryl methyl sites for hydroxylation is 1. The minimum atomic E-state index is -3.23. The molecule has 20 heavy (non-hydrogen) atoms. The van der Waals surface area contributed by atoms with Crippen molar-refractivity contribution in [2.24, 2.45) is 0 Å². The second kappa shape index (κ2) is 6.04. The molecule has 7 heteroatoms. The molecule has 2 aromatic rings. The summed E-state index contributed by atoms with van der Waals surface area (Å²) >= 11 is 0. The van der Waals surface area contributed by atoms with Crippen LogP contribution in [0.5, 0.6) is 0 Å². The molecule has 1 N–H and O–H groups in total. The molecule has 0 bridgehead atoms. The van der Waals surface area contributed by atoms with Crippen LogP contribution in [0, 0.1) is 6.92 Å². The van der Waals surface area contributed by atoms with Gasteiger partial charge in [-0.05, 0) is 12.1 Å². The molecule has 0 amide bonds. The third-order valence-electron chi connectivity index (χ3n) is 2.84. The van der Waals surface area contributed by atoms with E-state index >= 15 is 0 Å². The number of rotatable bonds is 6. The van der Waals surface area contributed by atoms with Gasteiger partial charge in [0, 0.05) is 19.9 Å². The van der Waals surface area contributed by atoms with Gasteiger partial charge in [0.05, 0.1) is 16.3 Å². The summed E-state index contributed by atoms with van der Waals surface area (Å²) < 4.78 is 28.8. The van der Waals surface area contributed by atoms with Gasteiger partial charge in [-0.1, -0.05) is 24.2 Å². The summed E-state index contributed by atoms with van der Waals surface area (Å²) in [6.07, 6.45) is 0.567. The molecule has 1 aromatic carbocycles. The van der Waals surface area contributed by atoms with Crippen LogP contribution in [0.1, 0.15) is 18.6 Å². The van der Waals surface area contributed by atoms with Crippen molar-refractivity contribution < 1.29 is 12.9 Å². The normalized spacial score (nSPS) is 11.5. The Bertz CT molecular complexity index is 680. The van der Waals surface area contributed by atoms with E-state index in [0.29, 0.717) is 35.3 Å². The number of sulfone groups is 1. The van der Waals surface area contributed by atoms with E-state index in [4.69, 9.17) is 4.52 Å². The Balaban J connectivity index is 2.06. The van der Waals surface area contributed by atoms with Crippen molar-refractivity contribution in [3.8, 4) is 0 Å². The number of hydrogen-bond donors (Lipinski definition) is 1. The molecule has 1 heterocycles. The van der Waals surface area contributed by atoms with Gasteiger partial charge in [0.2, 0.25) is 5.89 Å². The standard InChI is InChI=1S/C13H17N3O3S/c1-3-20(17,18)12-7-5-4-6-11(12)14-9-8-13-15-10(2)19-16-13/h4-7,14H,3,8-9H2,1-2H3. The highest BCUT2D eigenvalue weighted by Gasteiger charge is 2.15. The lowest BCUT2D eigenvalue weighted by atomic mass is 10.3. The number of hydrogen-bond acceptors (Lipinski definition) is 6. The van der Waals surface area contributed by atoms with Crippen molar-refractivity contribution in [2.75, 3.05) is 17.6 Å². The van der Waals surface area contributed by atoms with Gasteiger partial charge in [-0.3, -0.25) is 0 Å². The Morgan fingerprint density at radius 3 is 2.70 bits per heavy atom. The second-order valence-electron chi connectivity index (χ2n) is 4.31. The number of benzene rings is 1. The lowest BCUT2D eigenvalue weighted by Gasteiger charge is -2.10. The number of para-hydroxylation sites is 1. The fourth-order valence-corrected chi connectivity index (χ4v) is 2.86. The van der Waals surface area contributed by atoms with E-state index in [1.54, 1.807) is 38.1 Å². The van der Waals surface area contributed by atoms with Gasteiger partial charge in [-0.25, -0.2) is 8.42 Å². The van der Waals surface area contributed by atoms with Crippen LogP contribution in [0.15, 0.2) is 33.7 Å². The highest BCUT2D eigenvalue weighted by molar-refractivity contribution is 7.91. The third kappa shape index (κ3) is 3.36. The first-order valence-corrected chi connectivity index (χ1v) is 8.03. The zero-order valence-corrected chi connectivity index (χ0v) is 12.3. The Morgan fingerprint density at radius 1 is 1.30 bits per heavy atom. The molecule has 0 fully saturated rings. The Labute approximate surface area is 118 Å². The average molecular weight is 295 g/mol. The lowest BCUT2D eigenvalue weighted by Crippen LogP contribution is -2.11. The Kier molecular flexibility index (Phi) is 4.39. The molecule has 0 atom stereocenters. The first-order valence-electron chi connectivity index (χ1n) is 6.38. The molecule has 6 nitrogen and oxygen atoms in total. The van der Waals surface area contributed by atoms with Crippen molar-refractivity contribution in [3.63, 3.8) is 0 Å². The Hall–Kier alpha value is -1.89. The van der Waals surface area contributed by atoms with Crippen molar-refractivity contribution in [2.45, 2.75) is 25.2 Å². The van der Waals surface area contributed by atoms with Gasteiger partial charge >= 0.3 is 0 Å². The average Bonchev–Trinajstić information content (AvgIpc) is 2.85. The molecule has 0 spiro atoms.